The maximum atomic E-state index is 12.9. The molecule has 2 heterocycles. The van der Waals surface area contributed by atoms with Crippen molar-refractivity contribution in [3.63, 3.8) is 0 Å². The van der Waals surface area contributed by atoms with Crippen LogP contribution in [-0.2, 0) is 24.4 Å². The summed E-state index contributed by atoms with van der Waals surface area (Å²) in [6.45, 7) is 5.41. The molecule has 0 bridgehead atoms. The second kappa shape index (κ2) is 9.35. The van der Waals surface area contributed by atoms with Crippen LogP contribution in [0, 0.1) is 11.8 Å². The van der Waals surface area contributed by atoms with E-state index in [1.54, 1.807) is 30.9 Å². The van der Waals surface area contributed by atoms with Gasteiger partial charge in [-0.2, -0.15) is 4.31 Å². The Balaban J connectivity index is 1.70. The maximum absolute atomic E-state index is 12.9. The number of carbonyl (C=O) groups is 3. The third kappa shape index (κ3) is 4.74. The minimum atomic E-state index is -3.57. The highest BCUT2D eigenvalue weighted by molar-refractivity contribution is 7.89. The Labute approximate surface area is 183 Å². The molecular weight excluding hydrogens is 420 g/mol. The van der Waals surface area contributed by atoms with Crippen LogP contribution in [0.2, 0.25) is 0 Å². The Kier molecular flexibility index (Phi) is 7.00. The van der Waals surface area contributed by atoms with Gasteiger partial charge in [0.05, 0.1) is 16.7 Å². The van der Waals surface area contributed by atoms with Gasteiger partial charge in [0.2, 0.25) is 27.7 Å². The highest BCUT2D eigenvalue weighted by Gasteiger charge is 2.39. The molecule has 2 fully saturated rings. The van der Waals surface area contributed by atoms with Gasteiger partial charge < -0.3 is 15.5 Å². The van der Waals surface area contributed by atoms with Gasteiger partial charge >= 0.3 is 0 Å². The highest BCUT2D eigenvalue weighted by atomic mass is 32.2. The van der Waals surface area contributed by atoms with Crippen LogP contribution in [0.5, 0.6) is 0 Å². The minimum absolute atomic E-state index is 0.0933. The largest absolute Gasteiger partial charge is 0.369 e. The second-order valence-corrected chi connectivity index (χ2v) is 9.95. The molecule has 3 amide bonds. The van der Waals surface area contributed by atoms with Crippen molar-refractivity contribution in [1.29, 1.82) is 0 Å². The van der Waals surface area contributed by atoms with E-state index in [-0.39, 0.29) is 35.6 Å². The van der Waals surface area contributed by atoms with E-state index in [1.165, 1.54) is 21.3 Å². The smallest absolute Gasteiger partial charge is 0.243 e. The number of primary amides is 1. The second-order valence-electron chi connectivity index (χ2n) is 8.01. The van der Waals surface area contributed by atoms with E-state index < -0.39 is 21.8 Å². The molecule has 0 spiro atoms. The lowest BCUT2D eigenvalue weighted by Crippen LogP contribution is -2.46. The van der Waals surface area contributed by atoms with Crippen molar-refractivity contribution >= 4 is 33.4 Å². The fourth-order valence-electron chi connectivity index (χ4n) is 4.30. The van der Waals surface area contributed by atoms with Gasteiger partial charge in [-0.3, -0.25) is 14.4 Å². The Hall–Kier alpha value is -2.46. The summed E-state index contributed by atoms with van der Waals surface area (Å²) in [6.07, 6.45) is 1.49. The Morgan fingerprint density at radius 2 is 1.74 bits per heavy atom. The lowest BCUT2D eigenvalue weighted by atomic mass is 9.96. The number of likely N-dealkylation sites (tertiary alicyclic amines) is 1. The molecule has 2 atom stereocenters. The topological polar surface area (TPSA) is 121 Å². The van der Waals surface area contributed by atoms with E-state index in [9.17, 15) is 22.8 Å². The fraction of sp³-hybridized carbons (Fsp3) is 0.571. The number of nitrogens with zero attached hydrogens (tertiary/aromatic N) is 3. The SMILES string of the molecule is CCN(CC)S(=O)(=O)c1ccc(N2C[C@@H](C(=O)N3CCC[C@@H](C(N)=O)C3)CC2=O)cc1. The lowest BCUT2D eigenvalue weighted by molar-refractivity contribution is -0.139. The molecule has 2 aliphatic rings. The van der Waals surface area contributed by atoms with Crippen molar-refractivity contribution in [2.45, 2.75) is 38.0 Å². The minimum Gasteiger partial charge on any atom is -0.369 e. The molecule has 170 valence electrons. The predicted molar refractivity (Wildman–Crippen MR) is 116 cm³/mol. The normalized spacial score (nSPS) is 22.2. The summed E-state index contributed by atoms with van der Waals surface area (Å²) < 4.78 is 26.7. The average molecular weight is 451 g/mol. The number of sulfonamides is 1. The van der Waals surface area contributed by atoms with Crippen LogP contribution in [-0.4, -0.2) is 68.1 Å². The summed E-state index contributed by atoms with van der Waals surface area (Å²) >= 11 is 0. The van der Waals surface area contributed by atoms with Gasteiger partial charge in [0.15, 0.2) is 0 Å². The first-order valence-electron chi connectivity index (χ1n) is 10.7. The van der Waals surface area contributed by atoms with E-state index in [2.05, 4.69) is 0 Å². The van der Waals surface area contributed by atoms with E-state index in [1.807, 2.05) is 0 Å². The zero-order chi connectivity index (χ0) is 22.8. The zero-order valence-electron chi connectivity index (χ0n) is 18.0. The first kappa shape index (κ1) is 23.2. The van der Waals surface area contributed by atoms with Gasteiger partial charge in [0, 0.05) is 44.8 Å². The van der Waals surface area contributed by atoms with E-state index >= 15 is 0 Å². The number of piperidine rings is 1. The van der Waals surface area contributed by atoms with Gasteiger partial charge in [-0.15, -0.1) is 0 Å². The van der Waals surface area contributed by atoms with Crippen LogP contribution in [0.15, 0.2) is 29.2 Å². The molecule has 1 aromatic rings. The van der Waals surface area contributed by atoms with Crippen molar-refractivity contribution in [3.05, 3.63) is 24.3 Å². The summed E-state index contributed by atoms with van der Waals surface area (Å²) in [4.78, 5) is 40.3. The van der Waals surface area contributed by atoms with E-state index in [4.69, 9.17) is 5.73 Å². The van der Waals surface area contributed by atoms with E-state index in [0.29, 0.717) is 44.7 Å². The first-order chi connectivity index (χ1) is 14.7. The monoisotopic (exact) mass is 450 g/mol. The number of carbonyl (C=O) groups excluding carboxylic acids is 3. The molecule has 0 unspecified atom stereocenters. The van der Waals surface area contributed by atoms with Gasteiger partial charge in [0.25, 0.3) is 0 Å². The van der Waals surface area contributed by atoms with Crippen molar-refractivity contribution in [1.82, 2.24) is 9.21 Å². The summed E-state index contributed by atoms with van der Waals surface area (Å²) in [5.41, 5.74) is 5.96. The summed E-state index contributed by atoms with van der Waals surface area (Å²) in [6, 6.07) is 6.19. The van der Waals surface area contributed by atoms with Gasteiger partial charge in [0.1, 0.15) is 0 Å². The Morgan fingerprint density at radius 1 is 1.10 bits per heavy atom. The quantitative estimate of drug-likeness (QED) is 0.658. The Bertz CT molecular complexity index is 943. The Morgan fingerprint density at radius 3 is 2.32 bits per heavy atom. The molecule has 9 nitrogen and oxygen atoms in total. The lowest BCUT2D eigenvalue weighted by Gasteiger charge is -2.32. The van der Waals surface area contributed by atoms with Crippen molar-refractivity contribution < 1.29 is 22.8 Å². The molecule has 2 saturated heterocycles. The van der Waals surface area contributed by atoms with Crippen LogP contribution in [0.25, 0.3) is 0 Å². The fourth-order valence-corrected chi connectivity index (χ4v) is 5.76. The number of rotatable bonds is 7. The third-order valence-corrected chi connectivity index (χ3v) is 8.17. The van der Waals surface area contributed by atoms with Crippen molar-refractivity contribution in [3.8, 4) is 0 Å². The van der Waals surface area contributed by atoms with Crippen LogP contribution >= 0.6 is 0 Å². The molecule has 1 aromatic carbocycles. The molecule has 0 saturated carbocycles. The summed E-state index contributed by atoms with van der Waals surface area (Å²) in [5.74, 6) is -1.55. The first-order valence-corrected chi connectivity index (χ1v) is 12.1. The standard InChI is InChI=1S/C21H30N4O5S/c1-3-24(4-2)31(29,30)18-9-7-17(8-10-18)25-14-16(12-19(25)26)21(28)23-11-5-6-15(13-23)20(22)27/h7-10,15-16H,3-6,11-14H2,1-2H3,(H2,22,27)/t15-,16+/m1/s1. The number of amides is 3. The molecule has 0 aromatic heterocycles. The molecule has 0 radical (unpaired) electrons. The summed E-state index contributed by atoms with van der Waals surface area (Å²) in [7, 11) is -3.57. The number of hydrogen-bond donors (Lipinski definition) is 1. The predicted octanol–water partition coefficient (Wildman–Crippen LogP) is 0.794. The van der Waals surface area contributed by atoms with Crippen LogP contribution in [0.3, 0.4) is 0 Å². The summed E-state index contributed by atoms with van der Waals surface area (Å²) in [5, 5.41) is 0. The third-order valence-electron chi connectivity index (χ3n) is 6.10. The average Bonchev–Trinajstić information content (AvgIpc) is 3.15. The number of nitrogens with two attached hydrogens (primary N) is 1. The van der Waals surface area contributed by atoms with E-state index in [0.717, 1.165) is 0 Å². The van der Waals surface area contributed by atoms with Crippen LogP contribution in [0.1, 0.15) is 33.1 Å². The van der Waals surface area contributed by atoms with Crippen LogP contribution < -0.4 is 10.6 Å². The molecule has 31 heavy (non-hydrogen) atoms. The zero-order valence-corrected chi connectivity index (χ0v) is 18.8. The van der Waals surface area contributed by atoms with Gasteiger partial charge in [-0.25, -0.2) is 8.42 Å². The van der Waals surface area contributed by atoms with Gasteiger partial charge in [-0.05, 0) is 37.1 Å². The van der Waals surface area contributed by atoms with Crippen LogP contribution in [0.4, 0.5) is 5.69 Å². The molecular formula is C21H30N4O5S. The molecule has 0 aliphatic carbocycles. The highest BCUT2D eigenvalue weighted by Crippen LogP contribution is 2.29. The molecule has 2 N–H and O–H groups in total. The number of hydrogen-bond acceptors (Lipinski definition) is 5. The number of benzene rings is 1. The molecule has 3 rings (SSSR count). The molecule has 10 heteroatoms. The van der Waals surface area contributed by atoms with Gasteiger partial charge in [-0.1, -0.05) is 13.8 Å². The maximum Gasteiger partial charge on any atom is 0.243 e. The number of anilines is 1. The van der Waals surface area contributed by atoms with Crippen molar-refractivity contribution in [2.24, 2.45) is 17.6 Å². The molecule has 2 aliphatic heterocycles. The van der Waals surface area contributed by atoms with Crippen molar-refractivity contribution in [2.75, 3.05) is 37.6 Å².